The summed E-state index contributed by atoms with van der Waals surface area (Å²) in [5, 5.41) is 18.9. The Balaban J connectivity index is 1.77. The van der Waals surface area contributed by atoms with Crippen LogP contribution in [0.5, 0.6) is 0 Å². The summed E-state index contributed by atoms with van der Waals surface area (Å²) in [5.74, 6) is 0. The molecular formula is C20H15N5O2S. The molecule has 0 fully saturated rings. The fraction of sp³-hybridized carbons (Fsp3) is 0. The van der Waals surface area contributed by atoms with Crippen molar-refractivity contribution in [2.75, 3.05) is 10.1 Å². The molecule has 8 heteroatoms. The number of nitrogens with zero attached hydrogens (tertiary/aromatic N) is 4. The molecule has 3 aromatic rings. The Morgan fingerprint density at radius 3 is 2.07 bits per heavy atom. The fourth-order valence-corrected chi connectivity index (χ4v) is 3.08. The van der Waals surface area contributed by atoms with Crippen LogP contribution in [-0.2, 0) is 0 Å². The van der Waals surface area contributed by atoms with Crippen LogP contribution in [-0.4, -0.2) is 15.6 Å². The van der Waals surface area contributed by atoms with Crippen molar-refractivity contribution in [2.45, 2.75) is 0 Å². The van der Waals surface area contributed by atoms with Gasteiger partial charge in [0, 0.05) is 17.7 Å². The van der Waals surface area contributed by atoms with E-state index >= 15 is 0 Å². The molecule has 0 saturated heterocycles. The minimum atomic E-state index is -0.433. The van der Waals surface area contributed by atoms with Crippen molar-refractivity contribution in [3.8, 4) is 0 Å². The van der Waals surface area contributed by atoms with Crippen LogP contribution in [0.3, 0.4) is 0 Å². The molecule has 1 aliphatic heterocycles. The summed E-state index contributed by atoms with van der Waals surface area (Å²) in [6.07, 6.45) is 0. The second-order valence-electron chi connectivity index (χ2n) is 5.98. The van der Waals surface area contributed by atoms with E-state index < -0.39 is 4.92 Å². The molecule has 0 aromatic heterocycles. The lowest BCUT2D eigenvalue weighted by atomic mass is 10.1. The van der Waals surface area contributed by atoms with E-state index in [0.29, 0.717) is 16.4 Å². The molecule has 0 amide bonds. The van der Waals surface area contributed by atoms with Crippen molar-refractivity contribution >= 4 is 40.0 Å². The Labute approximate surface area is 166 Å². The van der Waals surface area contributed by atoms with Crippen LogP contribution in [0.25, 0.3) is 0 Å². The van der Waals surface area contributed by atoms with E-state index in [9.17, 15) is 10.1 Å². The third-order valence-electron chi connectivity index (χ3n) is 4.17. The van der Waals surface area contributed by atoms with E-state index in [4.69, 9.17) is 12.2 Å². The van der Waals surface area contributed by atoms with Crippen LogP contribution in [0.15, 0.2) is 90.0 Å². The number of hydrogen-bond acceptors (Lipinski definition) is 6. The average Bonchev–Trinajstić information content (AvgIpc) is 2.75. The first kappa shape index (κ1) is 17.8. The summed E-state index contributed by atoms with van der Waals surface area (Å²) in [6, 6.07) is 25.4. The molecule has 1 aliphatic rings. The molecule has 0 unspecified atom stereocenters. The van der Waals surface area contributed by atoms with Crippen LogP contribution in [0.2, 0.25) is 0 Å². The van der Waals surface area contributed by atoms with E-state index in [1.807, 2.05) is 60.7 Å². The average molecular weight is 389 g/mol. The number of rotatable bonds is 4. The van der Waals surface area contributed by atoms with Gasteiger partial charge in [-0.15, -0.1) is 5.53 Å². The lowest BCUT2D eigenvalue weighted by Crippen LogP contribution is -2.57. The van der Waals surface area contributed by atoms with Gasteiger partial charge in [-0.1, -0.05) is 60.7 Å². The molecule has 7 nitrogen and oxygen atoms in total. The van der Waals surface area contributed by atoms with Crippen molar-refractivity contribution in [2.24, 2.45) is 5.10 Å². The Morgan fingerprint density at radius 1 is 0.857 bits per heavy atom. The Kier molecular flexibility index (Phi) is 4.79. The van der Waals surface area contributed by atoms with Gasteiger partial charge in [0.1, 0.15) is 5.71 Å². The Bertz CT molecular complexity index is 1040. The SMILES string of the molecule is O=[N+]([O-])c1ccc(N2N=C(c3ccccc3)C(=S)N(c3ccccc3)N2)cc1. The second-order valence-corrected chi connectivity index (χ2v) is 6.36. The van der Waals surface area contributed by atoms with E-state index in [1.165, 1.54) is 12.1 Å². The third kappa shape index (κ3) is 3.46. The summed E-state index contributed by atoms with van der Waals surface area (Å²) < 4.78 is 0. The van der Waals surface area contributed by atoms with Gasteiger partial charge in [0.15, 0.2) is 4.99 Å². The van der Waals surface area contributed by atoms with Gasteiger partial charge in [-0.05, 0) is 24.3 Å². The van der Waals surface area contributed by atoms with E-state index in [0.717, 1.165) is 11.3 Å². The molecular weight excluding hydrogens is 374 g/mol. The molecule has 0 aliphatic carbocycles. The monoisotopic (exact) mass is 389 g/mol. The number of benzene rings is 3. The van der Waals surface area contributed by atoms with Gasteiger partial charge in [0.05, 0.1) is 16.3 Å². The maximum absolute atomic E-state index is 10.9. The first-order valence-corrected chi connectivity index (χ1v) is 8.89. The standard InChI is InChI=1S/C20H15N5O2S/c26-25(27)18-13-11-17(12-14-18)24-21-19(15-7-3-1-4-8-15)20(28)23(22-24)16-9-5-2-6-10-16/h1-14,22H. The topological polar surface area (TPSA) is 74.0 Å². The number of nitro groups is 1. The number of para-hydroxylation sites is 1. The van der Waals surface area contributed by atoms with Crippen molar-refractivity contribution in [1.29, 1.82) is 0 Å². The lowest BCUT2D eigenvalue weighted by Gasteiger charge is -2.36. The zero-order valence-corrected chi connectivity index (χ0v) is 15.4. The molecule has 0 radical (unpaired) electrons. The third-order valence-corrected chi connectivity index (χ3v) is 4.54. The van der Waals surface area contributed by atoms with Gasteiger partial charge < -0.3 is 0 Å². The number of nitro benzene ring substituents is 1. The number of thiocarbonyl (C=S) groups is 1. The summed E-state index contributed by atoms with van der Waals surface area (Å²) in [7, 11) is 0. The van der Waals surface area contributed by atoms with Crippen molar-refractivity contribution < 1.29 is 4.92 Å². The zero-order chi connectivity index (χ0) is 19.5. The molecule has 28 heavy (non-hydrogen) atoms. The van der Waals surface area contributed by atoms with Crippen molar-refractivity contribution in [3.05, 3.63) is 101 Å². The van der Waals surface area contributed by atoms with Gasteiger partial charge in [0.25, 0.3) is 5.69 Å². The van der Waals surface area contributed by atoms with Crippen molar-refractivity contribution in [3.63, 3.8) is 0 Å². The van der Waals surface area contributed by atoms with Crippen LogP contribution in [0.1, 0.15) is 5.56 Å². The van der Waals surface area contributed by atoms with Crippen molar-refractivity contribution in [1.82, 2.24) is 5.53 Å². The largest absolute Gasteiger partial charge is 0.269 e. The van der Waals surface area contributed by atoms with Gasteiger partial charge in [-0.2, -0.15) is 10.2 Å². The van der Waals surface area contributed by atoms with E-state index in [2.05, 4.69) is 10.6 Å². The first-order valence-electron chi connectivity index (χ1n) is 8.48. The highest BCUT2D eigenvalue weighted by molar-refractivity contribution is 7.82. The number of non-ortho nitro benzene ring substituents is 1. The predicted octanol–water partition coefficient (Wildman–Crippen LogP) is 4.07. The molecule has 3 aromatic carbocycles. The lowest BCUT2D eigenvalue weighted by molar-refractivity contribution is -0.384. The summed E-state index contributed by atoms with van der Waals surface area (Å²) >= 11 is 5.69. The molecule has 0 saturated carbocycles. The molecule has 138 valence electrons. The molecule has 0 bridgehead atoms. The molecule has 0 atom stereocenters. The summed E-state index contributed by atoms with van der Waals surface area (Å²) in [6.45, 7) is 0. The van der Waals surface area contributed by atoms with Crippen LogP contribution >= 0.6 is 12.2 Å². The van der Waals surface area contributed by atoms with E-state index in [1.54, 1.807) is 22.3 Å². The quantitative estimate of drug-likeness (QED) is 0.412. The fourth-order valence-electron chi connectivity index (χ4n) is 2.77. The van der Waals surface area contributed by atoms with Crippen LogP contribution in [0, 0.1) is 10.1 Å². The maximum atomic E-state index is 10.9. The number of hydrazine groups is 2. The zero-order valence-electron chi connectivity index (χ0n) is 14.6. The van der Waals surface area contributed by atoms with Gasteiger partial charge in [0.2, 0.25) is 0 Å². The predicted molar refractivity (Wildman–Crippen MR) is 113 cm³/mol. The number of anilines is 2. The van der Waals surface area contributed by atoms with Crippen LogP contribution < -0.4 is 15.7 Å². The van der Waals surface area contributed by atoms with Gasteiger partial charge in [-0.25, -0.2) is 5.01 Å². The van der Waals surface area contributed by atoms with Gasteiger partial charge >= 0.3 is 0 Å². The van der Waals surface area contributed by atoms with E-state index in [-0.39, 0.29) is 5.69 Å². The molecule has 1 heterocycles. The number of nitrogens with one attached hydrogen (secondary N) is 1. The smallest absolute Gasteiger partial charge is 0.258 e. The Hall–Kier alpha value is -3.62. The Morgan fingerprint density at radius 2 is 1.46 bits per heavy atom. The highest BCUT2D eigenvalue weighted by atomic mass is 32.1. The molecule has 1 N–H and O–H groups in total. The summed E-state index contributed by atoms with van der Waals surface area (Å²) in [4.78, 5) is 11.0. The molecule has 4 rings (SSSR count). The second kappa shape index (κ2) is 7.55. The number of hydrogen-bond donors (Lipinski definition) is 1. The highest BCUT2D eigenvalue weighted by Gasteiger charge is 2.27. The summed E-state index contributed by atoms with van der Waals surface area (Å²) in [5.41, 5.74) is 6.16. The molecule has 0 spiro atoms. The first-order chi connectivity index (χ1) is 13.6. The minimum Gasteiger partial charge on any atom is -0.258 e. The highest BCUT2D eigenvalue weighted by Crippen LogP contribution is 2.24. The minimum absolute atomic E-state index is 0.0171. The van der Waals surface area contributed by atoms with Gasteiger partial charge in [-0.3, -0.25) is 10.1 Å². The number of hydrazone groups is 1. The normalized spacial score (nSPS) is 14.0. The van der Waals surface area contributed by atoms with Crippen LogP contribution in [0.4, 0.5) is 17.1 Å². The maximum Gasteiger partial charge on any atom is 0.269 e.